The Morgan fingerprint density at radius 1 is 1.50 bits per heavy atom. The lowest BCUT2D eigenvalue weighted by Gasteiger charge is -1.93. The Kier molecular flexibility index (Phi) is 2.07. The average Bonchev–Trinajstić information content (AvgIpc) is 2.48. The second-order valence-corrected chi connectivity index (χ2v) is 4.17. The highest BCUT2D eigenvalue weighted by Crippen LogP contribution is 2.24. The van der Waals surface area contributed by atoms with Crippen LogP contribution in [0.25, 0.3) is 10.2 Å². The summed E-state index contributed by atoms with van der Waals surface area (Å²) in [5.41, 5.74) is 1.25. The summed E-state index contributed by atoms with van der Waals surface area (Å²) in [4.78, 5) is 15.2. The molecule has 0 atom stereocenters. The van der Waals surface area contributed by atoms with Crippen LogP contribution in [-0.2, 0) is 0 Å². The van der Waals surface area contributed by atoms with E-state index in [0.29, 0.717) is 16.1 Å². The Labute approximate surface area is 84.4 Å². The number of fused-ring (bicyclic) bond motifs is 1. The predicted octanol–water partition coefficient (Wildman–Crippen LogP) is 2.95. The van der Waals surface area contributed by atoms with Gasteiger partial charge in [0, 0.05) is 6.92 Å². The molecule has 0 saturated carbocycles. The molecule has 0 N–H and O–H groups in total. The average molecular weight is 209 g/mol. The van der Waals surface area contributed by atoms with Crippen molar-refractivity contribution in [2.75, 3.05) is 0 Å². The van der Waals surface area contributed by atoms with E-state index in [1.807, 2.05) is 0 Å². The molecule has 1 aromatic heterocycles. The van der Waals surface area contributed by atoms with Gasteiger partial charge in [0.05, 0.1) is 10.2 Å². The summed E-state index contributed by atoms with van der Waals surface area (Å²) in [6.07, 6.45) is 0. The number of aryl methyl sites for hydroxylation is 1. The van der Waals surface area contributed by atoms with Crippen molar-refractivity contribution in [3.05, 3.63) is 28.5 Å². The number of halogens is 1. The minimum atomic E-state index is -0.253. The molecule has 1 heterocycles. The summed E-state index contributed by atoms with van der Waals surface area (Å²) in [5.74, 6) is -0.333. The van der Waals surface area contributed by atoms with Gasteiger partial charge in [0.15, 0.2) is 10.8 Å². The number of aromatic nitrogens is 1. The molecule has 14 heavy (non-hydrogen) atoms. The number of Topliss-reactive ketones (excluding diaryl/α,β-unsaturated/α-hetero) is 1. The molecular weight excluding hydrogens is 201 g/mol. The molecule has 1 aromatic carbocycles. The zero-order valence-corrected chi connectivity index (χ0v) is 8.61. The molecule has 2 nitrogen and oxygen atoms in total. The lowest BCUT2D eigenvalue weighted by Crippen LogP contribution is -1.88. The molecule has 0 unspecified atom stereocenters. The van der Waals surface area contributed by atoms with Gasteiger partial charge in [-0.05, 0) is 24.6 Å². The topological polar surface area (TPSA) is 30.0 Å². The fourth-order valence-electron chi connectivity index (χ4n) is 1.20. The summed E-state index contributed by atoms with van der Waals surface area (Å²) >= 11 is 1.23. The van der Waals surface area contributed by atoms with E-state index in [2.05, 4.69) is 4.98 Å². The fraction of sp³-hybridized carbons (Fsp3) is 0.200. The number of hydrogen-bond acceptors (Lipinski definition) is 3. The van der Waals surface area contributed by atoms with E-state index in [-0.39, 0.29) is 11.6 Å². The van der Waals surface area contributed by atoms with Gasteiger partial charge in [-0.2, -0.15) is 0 Å². The molecule has 0 saturated heterocycles. The first-order valence-electron chi connectivity index (χ1n) is 4.15. The third-order valence-electron chi connectivity index (χ3n) is 1.97. The summed E-state index contributed by atoms with van der Waals surface area (Å²) < 4.78 is 13.9. The summed E-state index contributed by atoms with van der Waals surface area (Å²) in [6, 6.07) is 3.09. The van der Waals surface area contributed by atoms with Crippen LogP contribution in [0.2, 0.25) is 0 Å². The van der Waals surface area contributed by atoms with Crippen LogP contribution in [0.1, 0.15) is 22.3 Å². The van der Waals surface area contributed by atoms with Gasteiger partial charge in [0.25, 0.3) is 0 Å². The van der Waals surface area contributed by atoms with E-state index in [4.69, 9.17) is 0 Å². The third kappa shape index (κ3) is 1.42. The smallest absolute Gasteiger partial charge is 0.188 e. The highest BCUT2D eigenvalue weighted by molar-refractivity contribution is 7.20. The minimum absolute atomic E-state index is 0.0794. The molecular formula is C10H8FNOS. The number of rotatable bonds is 1. The molecule has 72 valence electrons. The zero-order chi connectivity index (χ0) is 10.3. The van der Waals surface area contributed by atoms with E-state index in [1.54, 1.807) is 13.0 Å². The number of ketones is 1. The monoisotopic (exact) mass is 209 g/mol. The van der Waals surface area contributed by atoms with Gasteiger partial charge in [0.2, 0.25) is 0 Å². The summed E-state index contributed by atoms with van der Waals surface area (Å²) in [5, 5.41) is 0.435. The van der Waals surface area contributed by atoms with Crippen LogP contribution in [0, 0.1) is 12.7 Å². The van der Waals surface area contributed by atoms with Crippen LogP contribution in [0.4, 0.5) is 4.39 Å². The number of nitrogens with zero attached hydrogens (tertiary/aromatic N) is 1. The van der Waals surface area contributed by atoms with Gasteiger partial charge in [-0.1, -0.05) is 0 Å². The van der Waals surface area contributed by atoms with Crippen molar-refractivity contribution in [1.82, 2.24) is 4.98 Å². The van der Waals surface area contributed by atoms with Crippen molar-refractivity contribution in [2.45, 2.75) is 13.8 Å². The van der Waals surface area contributed by atoms with E-state index in [9.17, 15) is 9.18 Å². The van der Waals surface area contributed by atoms with E-state index in [0.717, 1.165) is 4.70 Å². The van der Waals surface area contributed by atoms with Crippen LogP contribution < -0.4 is 0 Å². The summed E-state index contributed by atoms with van der Waals surface area (Å²) in [6.45, 7) is 3.14. The van der Waals surface area contributed by atoms with Crippen molar-refractivity contribution in [3.8, 4) is 0 Å². The van der Waals surface area contributed by atoms with Gasteiger partial charge in [-0.25, -0.2) is 9.37 Å². The molecule has 0 amide bonds. The number of carbonyl (C=O) groups is 1. The Morgan fingerprint density at radius 3 is 2.86 bits per heavy atom. The molecule has 0 aliphatic heterocycles. The van der Waals surface area contributed by atoms with E-state index < -0.39 is 0 Å². The molecule has 0 aliphatic carbocycles. The Bertz CT molecular complexity index is 479. The Hall–Kier alpha value is -1.29. The lowest BCUT2D eigenvalue weighted by molar-refractivity contribution is 0.101. The molecule has 2 rings (SSSR count). The van der Waals surface area contributed by atoms with Crippen molar-refractivity contribution in [3.63, 3.8) is 0 Å². The van der Waals surface area contributed by atoms with Crippen LogP contribution in [0.5, 0.6) is 0 Å². The largest absolute Gasteiger partial charge is 0.292 e. The lowest BCUT2D eigenvalue weighted by atomic mass is 10.2. The minimum Gasteiger partial charge on any atom is -0.292 e. The first-order valence-corrected chi connectivity index (χ1v) is 4.97. The standard InChI is InChI=1S/C10H8FNOS/c1-5-3-8-9(4-7(5)11)14-10(12-8)6(2)13/h3-4H,1-2H3. The molecule has 0 radical (unpaired) electrons. The second-order valence-electron chi connectivity index (χ2n) is 3.14. The first kappa shape index (κ1) is 9.27. The zero-order valence-electron chi connectivity index (χ0n) is 7.80. The van der Waals surface area contributed by atoms with Gasteiger partial charge in [0.1, 0.15) is 5.82 Å². The molecule has 0 aliphatic rings. The predicted molar refractivity (Wildman–Crippen MR) is 54.3 cm³/mol. The van der Waals surface area contributed by atoms with E-state index >= 15 is 0 Å². The third-order valence-corrected chi connectivity index (χ3v) is 3.09. The van der Waals surface area contributed by atoms with E-state index in [1.165, 1.54) is 24.3 Å². The number of thiazole rings is 1. The van der Waals surface area contributed by atoms with Crippen LogP contribution in [0.3, 0.4) is 0 Å². The van der Waals surface area contributed by atoms with Gasteiger partial charge < -0.3 is 0 Å². The fourth-order valence-corrected chi connectivity index (χ4v) is 2.07. The molecule has 2 aromatic rings. The SMILES string of the molecule is CC(=O)c1nc2cc(C)c(F)cc2s1. The van der Waals surface area contributed by atoms with Crippen molar-refractivity contribution < 1.29 is 9.18 Å². The summed E-state index contributed by atoms with van der Waals surface area (Å²) in [7, 11) is 0. The highest BCUT2D eigenvalue weighted by atomic mass is 32.1. The van der Waals surface area contributed by atoms with Crippen molar-refractivity contribution in [2.24, 2.45) is 0 Å². The highest BCUT2D eigenvalue weighted by Gasteiger charge is 2.09. The number of carbonyl (C=O) groups excluding carboxylic acids is 1. The quantitative estimate of drug-likeness (QED) is 0.676. The van der Waals surface area contributed by atoms with Crippen molar-refractivity contribution >= 4 is 27.3 Å². The molecule has 0 bridgehead atoms. The number of hydrogen-bond donors (Lipinski definition) is 0. The second kappa shape index (κ2) is 3.13. The van der Waals surface area contributed by atoms with Crippen molar-refractivity contribution in [1.29, 1.82) is 0 Å². The van der Waals surface area contributed by atoms with Gasteiger partial charge in [-0.15, -0.1) is 11.3 Å². The molecule has 0 fully saturated rings. The van der Waals surface area contributed by atoms with Crippen LogP contribution in [-0.4, -0.2) is 10.8 Å². The van der Waals surface area contributed by atoms with Crippen LogP contribution in [0.15, 0.2) is 12.1 Å². The van der Waals surface area contributed by atoms with Gasteiger partial charge >= 0.3 is 0 Å². The normalized spacial score (nSPS) is 10.8. The van der Waals surface area contributed by atoms with Gasteiger partial charge in [-0.3, -0.25) is 4.79 Å². The first-order chi connectivity index (χ1) is 6.58. The maximum atomic E-state index is 13.2. The molecule has 0 spiro atoms. The maximum Gasteiger partial charge on any atom is 0.188 e. The Balaban J connectivity index is 2.72. The Morgan fingerprint density at radius 2 is 2.21 bits per heavy atom. The maximum absolute atomic E-state index is 13.2. The van der Waals surface area contributed by atoms with Crippen LogP contribution >= 0.6 is 11.3 Å². The number of benzene rings is 1. The molecule has 4 heteroatoms.